The quantitative estimate of drug-likeness (QED) is 0.726. The highest BCUT2D eigenvalue weighted by molar-refractivity contribution is 5.81. The van der Waals surface area contributed by atoms with E-state index in [2.05, 4.69) is 10.1 Å². The molecule has 0 fully saturated rings. The number of rotatable bonds is 9. The summed E-state index contributed by atoms with van der Waals surface area (Å²) in [5.74, 6) is 0.788. The fraction of sp³-hybridized carbons (Fsp3) is 0.350. The van der Waals surface area contributed by atoms with Crippen molar-refractivity contribution in [1.29, 1.82) is 0 Å². The molecule has 0 aliphatic heterocycles. The first-order chi connectivity index (χ1) is 12.9. The summed E-state index contributed by atoms with van der Waals surface area (Å²) in [6.07, 6.45) is 0. The van der Waals surface area contributed by atoms with E-state index in [9.17, 15) is 13.6 Å². The van der Waals surface area contributed by atoms with Crippen LogP contribution in [0.1, 0.15) is 18.1 Å². The second-order valence-corrected chi connectivity index (χ2v) is 6.18. The summed E-state index contributed by atoms with van der Waals surface area (Å²) < 4.78 is 33.8. The van der Waals surface area contributed by atoms with Crippen LogP contribution >= 0.6 is 0 Å². The standard InChI is InChI=1S/C20H24F2N2O3/c1-14(19(25)23-12-15-4-8-17(26-3)9-5-15)24(2)13-16-6-10-18(11-7-16)27-20(21)22/h4-11,14,20H,12-13H2,1-3H3,(H,23,25)/t14-/m1/s1. The molecule has 1 N–H and O–H groups in total. The molecule has 0 spiro atoms. The number of alkyl halides is 2. The number of nitrogens with zero attached hydrogens (tertiary/aromatic N) is 1. The Bertz CT molecular complexity index is 721. The minimum Gasteiger partial charge on any atom is -0.497 e. The number of likely N-dealkylation sites (N-methyl/N-ethyl adjacent to an activating group) is 1. The summed E-state index contributed by atoms with van der Waals surface area (Å²) in [7, 11) is 3.44. The average Bonchev–Trinajstić information content (AvgIpc) is 2.67. The maximum Gasteiger partial charge on any atom is 0.387 e. The third-order valence-corrected chi connectivity index (χ3v) is 4.25. The van der Waals surface area contributed by atoms with Gasteiger partial charge in [-0.2, -0.15) is 8.78 Å². The topological polar surface area (TPSA) is 50.8 Å². The fourth-order valence-electron chi connectivity index (χ4n) is 2.48. The number of nitrogens with one attached hydrogen (secondary N) is 1. The molecule has 1 atom stereocenters. The largest absolute Gasteiger partial charge is 0.497 e. The number of carbonyl (C=O) groups excluding carboxylic acids is 1. The van der Waals surface area contributed by atoms with Crippen LogP contribution in [-0.4, -0.2) is 37.6 Å². The maximum absolute atomic E-state index is 12.4. The molecule has 0 unspecified atom stereocenters. The first-order valence-electron chi connectivity index (χ1n) is 8.53. The van der Waals surface area contributed by atoms with Crippen LogP contribution in [0.3, 0.4) is 0 Å². The van der Waals surface area contributed by atoms with Gasteiger partial charge < -0.3 is 14.8 Å². The Morgan fingerprint density at radius 1 is 1.04 bits per heavy atom. The van der Waals surface area contributed by atoms with E-state index < -0.39 is 6.61 Å². The summed E-state index contributed by atoms with van der Waals surface area (Å²) in [5, 5.41) is 2.91. The summed E-state index contributed by atoms with van der Waals surface area (Å²) in [6.45, 7) is -0.0855. The number of benzene rings is 2. The fourth-order valence-corrected chi connectivity index (χ4v) is 2.48. The Hall–Kier alpha value is -2.67. The molecule has 0 aliphatic carbocycles. The normalized spacial score (nSPS) is 12.1. The van der Waals surface area contributed by atoms with Crippen LogP contribution in [0, 0.1) is 0 Å². The van der Waals surface area contributed by atoms with Gasteiger partial charge in [-0.3, -0.25) is 9.69 Å². The lowest BCUT2D eigenvalue weighted by atomic mass is 10.1. The van der Waals surface area contributed by atoms with Crippen LogP contribution in [0.4, 0.5) is 8.78 Å². The van der Waals surface area contributed by atoms with E-state index in [1.54, 1.807) is 19.2 Å². The SMILES string of the molecule is COc1ccc(CNC(=O)[C@@H](C)N(C)Cc2ccc(OC(F)F)cc2)cc1. The highest BCUT2D eigenvalue weighted by Crippen LogP contribution is 2.16. The first kappa shape index (κ1) is 20.6. The predicted molar refractivity (Wildman–Crippen MR) is 98.8 cm³/mol. The van der Waals surface area contributed by atoms with Gasteiger partial charge in [0.15, 0.2) is 0 Å². The smallest absolute Gasteiger partial charge is 0.387 e. The molecule has 0 bridgehead atoms. The van der Waals surface area contributed by atoms with Gasteiger partial charge in [0, 0.05) is 13.1 Å². The van der Waals surface area contributed by atoms with Crippen molar-refractivity contribution in [2.75, 3.05) is 14.2 Å². The Morgan fingerprint density at radius 2 is 1.59 bits per heavy atom. The van der Waals surface area contributed by atoms with Gasteiger partial charge in [-0.15, -0.1) is 0 Å². The zero-order chi connectivity index (χ0) is 19.8. The third-order valence-electron chi connectivity index (χ3n) is 4.25. The number of methoxy groups -OCH3 is 1. The van der Waals surface area contributed by atoms with Gasteiger partial charge >= 0.3 is 6.61 Å². The molecule has 0 saturated heterocycles. The van der Waals surface area contributed by atoms with Crippen molar-refractivity contribution in [3.63, 3.8) is 0 Å². The van der Waals surface area contributed by atoms with Crippen molar-refractivity contribution in [3.8, 4) is 11.5 Å². The number of ether oxygens (including phenoxy) is 2. The minimum atomic E-state index is -2.84. The van der Waals surface area contributed by atoms with E-state index in [-0.39, 0.29) is 17.7 Å². The van der Waals surface area contributed by atoms with Gasteiger partial charge in [0.05, 0.1) is 13.2 Å². The van der Waals surface area contributed by atoms with Crippen LogP contribution in [0.25, 0.3) is 0 Å². The molecule has 1 amide bonds. The molecular weight excluding hydrogens is 354 g/mol. The van der Waals surface area contributed by atoms with Crippen molar-refractivity contribution in [1.82, 2.24) is 10.2 Å². The number of amides is 1. The summed E-state index contributed by atoms with van der Waals surface area (Å²) >= 11 is 0. The molecule has 2 rings (SSSR count). The molecule has 2 aromatic rings. The molecule has 2 aromatic carbocycles. The molecule has 0 aliphatic rings. The molecule has 146 valence electrons. The van der Waals surface area contributed by atoms with Crippen LogP contribution in [-0.2, 0) is 17.9 Å². The van der Waals surface area contributed by atoms with Gasteiger partial charge in [0.1, 0.15) is 11.5 Å². The average molecular weight is 378 g/mol. The molecule has 0 saturated carbocycles. The van der Waals surface area contributed by atoms with Crippen molar-refractivity contribution in [2.45, 2.75) is 32.7 Å². The van der Waals surface area contributed by atoms with Gasteiger partial charge in [-0.1, -0.05) is 24.3 Å². The molecule has 0 heterocycles. The van der Waals surface area contributed by atoms with Crippen molar-refractivity contribution < 1.29 is 23.0 Å². The lowest BCUT2D eigenvalue weighted by molar-refractivity contribution is -0.125. The monoisotopic (exact) mass is 378 g/mol. The number of hydrogen-bond acceptors (Lipinski definition) is 4. The van der Waals surface area contributed by atoms with E-state index in [0.717, 1.165) is 16.9 Å². The second-order valence-electron chi connectivity index (χ2n) is 6.18. The van der Waals surface area contributed by atoms with Gasteiger partial charge in [0.2, 0.25) is 5.91 Å². The van der Waals surface area contributed by atoms with Crippen molar-refractivity contribution in [3.05, 3.63) is 59.7 Å². The number of carbonyl (C=O) groups is 1. The lowest BCUT2D eigenvalue weighted by Gasteiger charge is -2.24. The van der Waals surface area contributed by atoms with Crippen LogP contribution in [0.5, 0.6) is 11.5 Å². The highest BCUT2D eigenvalue weighted by Gasteiger charge is 2.18. The maximum atomic E-state index is 12.4. The summed E-state index contributed by atoms with van der Waals surface area (Å²) in [6, 6.07) is 13.5. The molecule has 0 aromatic heterocycles. The second kappa shape index (κ2) is 9.87. The van der Waals surface area contributed by atoms with E-state index in [1.165, 1.54) is 12.1 Å². The molecule has 5 nitrogen and oxygen atoms in total. The van der Waals surface area contributed by atoms with Gasteiger partial charge in [-0.05, 0) is 49.4 Å². The molecule has 0 radical (unpaired) electrons. The van der Waals surface area contributed by atoms with Gasteiger partial charge in [-0.25, -0.2) is 0 Å². The zero-order valence-electron chi connectivity index (χ0n) is 15.6. The van der Waals surface area contributed by atoms with Crippen LogP contribution in [0.2, 0.25) is 0 Å². The van der Waals surface area contributed by atoms with Crippen molar-refractivity contribution >= 4 is 5.91 Å². The Labute approximate surface area is 157 Å². The molecular formula is C20H24F2N2O3. The minimum absolute atomic E-state index is 0.0917. The van der Waals surface area contributed by atoms with Gasteiger partial charge in [0.25, 0.3) is 0 Å². The molecule has 7 heteroatoms. The van der Waals surface area contributed by atoms with Crippen molar-refractivity contribution in [2.24, 2.45) is 0 Å². The Kier molecular flexibility index (Phi) is 7.55. The van der Waals surface area contributed by atoms with E-state index >= 15 is 0 Å². The van der Waals surface area contributed by atoms with Crippen LogP contribution < -0.4 is 14.8 Å². The zero-order valence-corrected chi connectivity index (χ0v) is 15.6. The number of halogens is 2. The summed E-state index contributed by atoms with van der Waals surface area (Å²) in [5.41, 5.74) is 1.88. The van der Waals surface area contributed by atoms with E-state index in [1.807, 2.05) is 43.1 Å². The third kappa shape index (κ3) is 6.53. The molecule has 27 heavy (non-hydrogen) atoms. The Morgan fingerprint density at radius 3 is 2.15 bits per heavy atom. The predicted octanol–water partition coefficient (Wildman–Crippen LogP) is 3.43. The van der Waals surface area contributed by atoms with E-state index in [4.69, 9.17) is 4.74 Å². The highest BCUT2D eigenvalue weighted by atomic mass is 19.3. The Balaban J connectivity index is 1.83. The number of hydrogen-bond donors (Lipinski definition) is 1. The lowest BCUT2D eigenvalue weighted by Crippen LogP contribution is -2.42. The van der Waals surface area contributed by atoms with Crippen LogP contribution in [0.15, 0.2) is 48.5 Å². The summed E-state index contributed by atoms with van der Waals surface area (Å²) in [4.78, 5) is 14.2. The first-order valence-corrected chi connectivity index (χ1v) is 8.53. The van der Waals surface area contributed by atoms with E-state index in [0.29, 0.717) is 13.1 Å².